The molecule has 1 fully saturated rings. The standard InChI is InChI=1S/C14H20O8/c15-6-10-11(18)12(19)13(20)14(22-10)21-2-1-7-3-8(16)5-9(17)4-7/h3-5,10-20H,1-2,6H2/t10-,11-,12+,13-,14-/m1/s1. The van der Waals surface area contributed by atoms with Gasteiger partial charge in [0.15, 0.2) is 6.29 Å². The van der Waals surface area contributed by atoms with Crippen molar-refractivity contribution in [3.63, 3.8) is 0 Å². The second kappa shape index (κ2) is 7.23. The Bertz CT molecular complexity index is 471. The van der Waals surface area contributed by atoms with E-state index in [9.17, 15) is 25.5 Å². The van der Waals surface area contributed by atoms with Crippen LogP contribution in [0.4, 0.5) is 0 Å². The van der Waals surface area contributed by atoms with Crippen LogP contribution < -0.4 is 0 Å². The van der Waals surface area contributed by atoms with Gasteiger partial charge in [-0.15, -0.1) is 0 Å². The molecule has 0 aliphatic carbocycles. The van der Waals surface area contributed by atoms with Crippen molar-refractivity contribution in [2.45, 2.75) is 37.1 Å². The first-order valence-corrected chi connectivity index (χ1v) is 6.86. The minimum atomic E-state index is -1.49. The predicted molar refractivity (Wildman–Crippen MR) is 73.2 cm³/mol. The van der Waals surface area contributed by atoms with Gasteiger partial charge in [0.25, 0.3) is 0 Å². The summed E-state index contributed by atoms with van der Waals surface area (Å²) >= 11 is 0. The zero-order valence-corrected chi connectivity index (χ0v) is 11.7. The fourth-order valence-electron chi connectivity index (χ4n) is 2.30. The normalized spacial score (nSPS) is 32.1. The average molecular weight is 316 g/mol. The van der Waals surface area contributed by atoms with Gasteiger partial charge in [0, 0.05) is 6.07 Å². The van der Waals surface area contributed by atoms with E-state index in [2.05, 4.69) is 0 Å². The third-order valence-electron chi connectivity index (χ3n) is 3.48. The fraction of sp³-hybridized carbons (Fsp3) is 0.571. The van der Waals surface area contributed by atoms with Crippen LogP contribution in [0.1, 0.15) is 5.56 Å². The maximum Gasteiger partial charge on any atom is 0.186 e. The summed E-state index contributed by atoms with van der Waals surface area (Å²) in [4.78, 5) is 0. The molecule has 5 atom stereocenters. The van der Waals surface area contributed by atoms with E-state index in [0.717, 1.165) is 0 Å². The summed E-state index contributed by atoms with van der Waals surface area (Å²) in [7, 11) is 0. The molecular formula is C14H20O8. The quantitative estimate of drug-likeness (QED) is 0.384. The molecule has 1 aromatic rings. The van der Waals surface area contributed by atoms with Gasteiger partial charge in [0.05, 0.1) is 13.2 Å². The summed E-state index contributed by atoms with van der Waals surface area (Å²) in [5, 5.41) is 56.8. The SMILES string of the molecule is OC[C@H]1O[C@@H](OCCc2cc(O)cc(O)c2)[C@H](O)[C@@H](O)[C@@H]1O. The van der Waals surface area contributed by atoms with Gasteiger partial charge in [-0.2, -0.15) is 0 Å². The molecule has 0 spiro atoms. The largest absolute Gasteiger partial charge is 0.508 e. The number of aliphatic hydroxyl groups is 4. The van der Waals surface area contributed by atoms with Crippen molar-refractivity contribution >= 4 is 0 Å². The van der Waals surface area contributed by atoms with Crippen LogP contribution in [0, 0.1) is 0 Å². The Labute approximate surface area is 126 Å². The maximum absolute atomic E-state index is 9.78. The van der Waals surface area contributed by atoms with Crippen molar-refractivity contribution in [1.82, 2.24) is 0 Å². The van der Waals surface area contributed by atoms with Crippen molar-refractivity contribution in [3.8, 4) is 11.5 Å². The highest BCUT2D eigenvalue weighted by Crippen LogP contribution is 2.23. The number of benzene rings is 1. The Morgan fingerprint density at radius 3 is 2.18 bits per heavy atom. The molecule has 22 heavy (non-hydrogen) atoms. The molecule has 8 heteroatoms. The number of rotatable bonds is 5. The molecule has 0 bridgehead atoms. The van der Waals surface area contributed by atoms with Gasteiger partial charge in [-0.05, 0) is 24.1 Å². The summed E-state index contributed by atoms with van der Waals surface area (Å²) < 4.78 is 10.5. The molecule has 0 amide bonds. The summed E-state index contributed by atoms with van der Waals surface area (Å²) in [5.41, 5.74) is 0.613. The van der Waals surface area contributed by atoms with Gasteiger partial charge in [0.2, 0.25) is 0 Å². The van der Waals surface area contributed by atoms with Gasteiger partial charge < -0.3 is 40.1 Å². The van der Waals surface area contributed by atoms with E-state index in [1.165, 1.54) is 18.2 Å². The van der Waals surface area contributed by atoms with Crippen LogP contribution in [0.25, 0.3) is 0 Å². The highest BCUT2D eigenvalue weighted by atomic mass is 16.7. The second-order valence-electron chi connectivity index (χ2n) is 5.18. The van der Waals surface area contributed by atoms with Crippen molar-refractivity contribution in [1.29, 1.82) is 0 Å². The molecule has 1 aromatic carbocycles. The Kier molecular flexibility index (Phi) is 5.57. The molecule has 8 nitrogen and oxygen atoms in total. The van der Waals surface area contributed by atoms with Gasteiger partial charge in [-0.25, -0.2) is 0 Å². The lowest BCUT2D eigenvalue weighted by Crippen LogP contribution is -2.59. The van der Waals surface area contributed by atoms with Crippen LogP contribution in [0.3, 0.4) is 0 Å². The fourth-order valence-corrected chi connectivity index (χ4v) is 2.30. The van der Waals surface area contributed by atoms with Crippen molar-refractivity contribution in [2.75, 3.05) is 13.2 Å². The van der Waals surface area contributed by atoms with E-state index < -0.39 is 37.3 Å². The number of hydrogen-bond acceptors (Lipinski definition) is 8. The second-order valence-corrected chi connectivity index (χ2v) is 5.18. The molecule has 1 heterocycles. The van der Waals surface area contributed by atoms with E-state index >= 15 is 0 Å². The Balaban J connectivity index is 1.90. The minimum absolute atomic E-state index is 0.0750. The highest BCUT2D eigenvalue weighted by Gasteiger charge is 2.43. The van der Waals surface area contributed by atoms with E-state index in [1.54, 1.807) is 0 Å². The smallest absolute Gasteiger partial charge is 0.186 e. The number of phenols is 2. The molecule has 0 saturated carbocycles. The Morgan fingerprint density at radius 1 is 0.955 bits per heavy atom. The van der Waals surface area contributed by atoms with Crippen LogP contribution in [-0.2, 0) is 15.9 Å². The van der Waals surface area contributed by atoms with Crippen molar-refractivity contribution < 1.29 is 40.1 Å². The third kappa shape index (κ3) is 3.86. The first kappa shape index (κ1) is 16.9. The van der Waals surface area contributed by atoms with Gasteiger partial charge in [-0.3, -0.25) is 0 Å². The molecule has 124 valence electrons. The molecule has 1 aliphatic rings. The molecule has 0 radical (unpaired) electrons. The predicted octanol–water partition coefficient (Wildman–Crippen LogP) is -1.54. The van der Waals surface area contributed by atoms with Crippen molar-refractivity contribution in [2.24, 2.45) is 0 Å². The lowest BCUT2D eigenvalue weighted by atomic mass is 9.99. The van der Waals surface area contributed by atoms with Gasteiger partial charge in [0.1, 0.15) is 35.9 Å². The third-order valence-corrected chi connectivity index (χ3v) is 3.48. The van der Waals surface area contributed by atoms with Gasteiger partial charge in [-0.1, -0.05) is 0 Å². The number of aliphatic hydroxyl groups excluding tert-OH is 4. The van der Waals surface area contributed by atoms with Crippen LogP contribution >= 0.6 is 0 Å². The summed E-state index contributed by atoms with van der Waals surface area (Å²) in [6.45, 7) is -0.448. The first-order chi connectivity index (χ1) is 10.4. The van der Waals surface area contributed by atoms with Crippen LogP contribution in [0.15, 0.2) is 18.2 Å². The summed E-state index contributed by atoms with van der Waals surface area (Å²) in [6.07, 6.45) is -6.26. The highest BCUT2D eigenvalue weighted by molar-refractivity contribution is 5.36. The Hall–Kier alpha value is -1.42. The molecule has 1 saturated heterocycles. The summed E-state index contributed by atoms with van der Waals surface area (Å²) in [6, 6.07) is 4.11. The number of hydrogen-bond donors (Lipinski definition) is 6. The zero-order valence-electron chi connectivity index (χ0n) is 11.7. The van der Waals surface area contributed by atoms with Crippen LogP contribution in [-0.4, -0.2) is 74.6 Å². The van der Waals surface area contributed by atoms with Gasteiger partial charge >= 0.3 is 0 Å². The van der Waals surface area contributed by atoms with E-state index in [4.69, 9.17) is 14.6 Å². The first-order valence-electron chi connectivity index (χ1n) is 6.86. The van der Waals surface area contributed by atoms with E-state index in [1.807, 2.05) is 0 Å². The molecule has 2 rings (SSSR count). The molecule has 0 unspecified atom stereocenters. The average Bonchev–Trinajstić information content (AvgIpc) is 2.46. The molecular weight excluding hydrogens is 296 g/mol. The molecule has 0 aromatic heterocycles. The number of phenolic OH excluding ortho intramolecular Hbond substituents is 2. The van der Waals surface area contributed by atoms with E-state index in [0.29, 0.717) is 12.0 Å². The van der Waals surface area contributed by atoms with Crippen LogP contribution in [0.2, 0.25) is 0 Å². The van der Waals surface area contributed by atoms with Crippen molar-refractivity contribution in [3.05, 3.63) is 23.8 Å². The lowest BCUT2D eigenvalue weighted by molar-refractivity contribution is -0.300. The lowest BCUT2D eigenvalue weighted by Gasteiger charge is -2.39. The molecule has 6 N–H and O–H groups in total. The Morgan fingerprint density at radius 2 is 1.59 bits per heavy atom. The number of ether oxygens (including phenoxy) is 2. The van der Waals surface area contributed by atoms with Crippen LogP contribution in [0.5, 0.6) is 11.5 Å². The maximum atomic E-state index is 9.78. The summed E-state index contributed by atoms with van der Waals surface area (Å²) in [5.74, 6) is -0.161. The minimum Gasteiger partial charge on any atom is -0.508 e. The monoisotopic (exact) mass is 316 g/mol. The van der Waals surface area contributed by atoms with E-state index in [-0.39, 0.29) is 18.1 Å². The topological polar surface area (TPSA) is 140 Å². The molecule has 1 aliphatic heterocycles. The number of aromatic hydroxyl groups is 2. The zero-order chi connectivity index (χ0) is 16.3.